The summed E-state index contributed by atoms with van der Waals surface area (Å²) in [6, 6.07) is 14.8. The molecule has 0 aromatic heterocycles. The summed E-state index contributed by atoms with van der Waals surface area (Å²) in [6.45, 7) is 2.68. The zero-order valence-corrected chi connectivity index (χ0v) is 17.2. The molecule has 1 saturated heterocycles. The van der Waals surface area contributed by atoms with Crippen molar-refractivity contribution in [3.8, 4) is 0 Å². The van der Waals surface area contributed by atoms with E-state index in [1.807, 2.05) is 31.2 Å². The van der Waals surface area contributed by atoms with Crippen molar-refractivity contribution in [2.24, 2.45) is 0 Å². The maximum atomic E-state index is 12.8. The lowest BCUT2D eigenvalue weighted by Crippen LogP contribution is -2.40. The second kappa shape index (κ2) is 7.35. The number of urea groups is 1. The van der Waals surface area contributed by atoms with Crippen LogP contribution in [0.25, 0.3) is 5.57 Å². The Morgan fingerprint density at radius 2 is 1.87 bits per heavy atom. The number of carbonyl (C=O) groups excluding carboxylic acids is 3. The van der Waals surface area contributed by atoms with Gasteiger partial charge in [0.1, 0.15) is 6.04 Å². The summed E-state index contributed by atoms with van der Waals surface area (Å²) in [4.78, 5) is 40.2. The van der Waals surface area contributed by atoms with E-state index in [-0.39, 0.29) is 17.9 Å². The van der Waals surface area contributed by atoms with Gasteiger partial charge in [0.05, 0.1) is 0 Å². The van der Waals surface area contributed by atoms with E-state index in [1.54, 1.807) is 22.5 Å². The molecule has 2 atom stereocenters. The van der Waals surface area contributed by atoms with Gasteiger partial charge in [0, 0.05) is 31.0 Å². The third-order valence-electron chi connectivity index (χ3n) is 6.69. The Bertz CT molecular complexity index is 1120. The van der Waals surface area contributed by atoms with E-state index in [0.29, 0.717) is 25.1 Å². The van der Waals surface area contributed by atoms with E-state index in [0.717, 1.165) is 12.0 Å². The minimum absolute atomic E-state index is 0.0993. The molecule has 31 heavy (non-hydrogen) atoms. The van der Waals surface area contributed by atoms with Gasteiger partial charge in [-0.3, -0.25) is 19.7 Å². The number of hydrogen-bond donors (Lipinski definition) is 2. The minimum atomic E-state index is -0.543. The van der Waals surface area contributed by atoms with Gasteiger partial charge in [0.15, 0.2) is 0 Å². The van der Waals surface area contributed by atoms with Gasteiger partial charge in [0.2, 0.25) is 0 Å². The number of amides is 4. The van der Waals surface area contributed by atoms with E-state index in [2.05, 4.69) is 12.1 Å². The highest BCUT2D eigenvalue weighted by molar-refractivity contribution is 6.06. The molecule has 1 fully saturated rings. The summed E-state index contributed by atoms with van der Waals surface area (Å²) < 4.78 is 0. The second-order valence-corrected chi connectivity index (χ2v) is 8.20. The molecule has 0 saturated carbocycles. The van der Waals surface area contributed by atoms with Crippen molar-refractivity contribution >= 4 is 23.4 Å². The highest BCUT2D eigenvalue weighted by Crippen LogP contribution is 2.49. The molecule has 0 spiro atoms. The van der Waals surface area contributed by atoms with Crippen LogP contribution in [0, 0.1) is 0 Å². The van der Waals surface area contributed by atoms with Crippen LogP contribution in [0.4, 0.5) is 4.79 Å². The lowest BCUT2D eigenvalue weighted by atomic mass is 9.87. The number of nitrogens with zero attached hydrogens (tertiary/aromatic N) is 2. The molecule has 158 valence electrons. The van der Waals surface area contributed by atoms with E-state index in [4.69, 9.17) is 5.21 Å². The third kappa shape index (κ3) is 2.96. The van der Waals surface area contributed by atoms with E-state index < -0.39 is 11.9 Å². The molecule has 3 aliphatic rings. The predicted octanol–water partition coefficient (Wildman–Crippen LogP) is 2.96. The van der Waals surface area contributed by atoms with Crippen LogP contribution in [0.1, 0.15) is 46.3 Å². The van der Waals surface area contributed by atoms with E-state index in [1.165, 1.54) is 27.2 Å². The summed E-state index contributed by atoms with van der Waals surface area (Å²) in [5.41, 5.74) is 7.88. The Balaban J connectivity index is 1.48. The molecule has 2 aliphatic heterocycles. The topological polar surface area (TPSA) is 90.0 Å². The van der Waals surface area contributed by atoms with Gasteiger partial charge in [-0.05, 0) is 53.3 Å². The molecule has 2 heterocycles. The first-order valence-electron chi connectivity index (χ1n) is 10.5. The van der Waals surface area contributed by atoms with Crippen LogP contribution in [-0.2, 0) is 11.2 Å². The Kier molecular flexibility index (Phi) is 4.63. The van der Waals surface area contributed by atoms with Gasteiger partial charge >= 0.3 is 6.03 Å². The van der Waals surface area contributed by atoms with Crippen LogP contribution in [0.3, 0.4) is 0 Å². The monoisotopic (exact) mass is 417 g/mol. The number of hydroxylamine groups is 1. The Morgan fingerprint density at radius 3 is 2.58 bits per heavy atom. The molecule has 7 heteroatoms. The highest BCUT2D eigenvalue weighted by Gasteiger charge is 2.49. The van der Waals surface area contributed by atoms with Crippen LogP contribution in [-0.4, -0.2) is 52.0 Å². The SMILES string of the molecule is CCN1C(=O)C2CC3=C(CN2C1=O)C(Cc1ccc(C(=O)NO)cc1)c1ccccc13. The van der Waals surface area contributed by atoms with Crippen LogP contribution in [0.15, 0.2) is 54.1 Å². The van der Waals surface area contributed by atoms with Crippen molar-refractivity contribution in [1.29, 1.82) is 0 Å². The van der Waals surface area contributed by atoms with Crippen LogP contribution in [0.2, 0.25) is 0 Å². The number of carbonyl (C=O) groups is 3. The maximum Gasteiger partial charge on any atom is 0.327 e. The average molecular weight is 417 g/mol. The fourth-order valence-corrected chi connectivity index (χ4v) is 5.16. The molecule has 7 nitrogen and oxygen atoms in total. The van der Waals surface area contributed by atoms with Crippen molar-refractivity contribution in [1.82, 2.24) is 15.3 Å². The maximum absolute atomic E-state index is 12.8. The lowest BCUT2D eigenvalue weighted by Gasteiger charge is -2.30. The predicted molar refractivity (Wildman–Crippen MR) is 113 cm³/mol. The lowest BCUT2D eigenvalue weighted by molar-refractivity contribution is -0.128. The molecule has 2 N–H and O–H groups in total. The van der Waals surface area contributed by atoms with E-state index in [9.17, 15) is 14.4 Å². The third-order valence-corrected chi connectivity index (χ3v) is 6.69. The largest absolute Gasteiger partial charge is 0.327 e. The van der Waals surface area contributed by atoms with Gasteiger partial charge in [0.25, 0.3) is 11.8 Å². The van der Waals surface area contributed by atoms with Crippen LogP contribution >= 0.6 is 0 Å². The molecule has 2 aromatic carbocycles. The summed E-state index contributed by atoms with van der Waals surface area (Å²) in [7, 11) is 0. The summed E-state index contributed by atoms with van der Waals surface area (Å²) in [5.74, 6) is -0.528. The molecule has 1 aliphatic carbocycles. The smallest absolute Gasteiger partial charge is 0.308 e. The first kappa shape index (κ1) is 19.5. The summed E-state index contributed by atoms with van der Waals surface area (Å²) >= 11 is 0. The molecule has 0 radical (unpaired) electrons. The number of rotatable bonds is 4. The zero-order chi connectivity index (χ0) is 21.7. The minimum Gasteiger partial charge on any atom is -0.308 e. The normalized spacial score (nSPS) is 21.9. The fourth-order valence-electron chi connectivity index (χ4n) is 5.16. The quantitative estimate of drug-likeness (QED) is 0.455. The number of fused-ring (bicyclic) bond motifs is 3. The molecule has 0 bridgehead atoms. The van der Waals surface area contributed by atoms with Gasteiger partial charge < -0.3 is 4.90 Å². The Morgan fingerprint density at radius 1 is 1.13 bits per heavy atom. The molecule has 2 unspecified atom stereocenters. The summed E-state index contributed by atoms with van der Waals surface area (Å²) in [6.07, 6.45) is 1.29. The van der Waals surface area contributed by atoms with Crippen LogP contribution in [0.5, 0.6) is 0 Å². The van der Waals surface area contributed by atoms with Gasteiger partial charge in [-0.25, -0.2) is 10.3 Å². The zero-order valence-electron chi connectivity index (χ0n) is 17.2. The number of hydrogen-bond acceptors (Lipinski definition) is 4. The van der Waals surface area contributed by atoms with Gasteiger partial charge in [-0.15, -0.1) is 0 Å². The molecular weight excluding hydrogens is 394 g/mol. The van der Waals surface area contributed by atoms with Crippen molar-refractivity contribution in [3.05, 3.63) is 76.4 Å². The average Bonchev–Trinajstić information content (AvgIpc) is 3.23. The fraction of sp³-hybridized carbons (Fsp3) is 0.292. The van der Waals surface area contributed by atoms with Crippen molar-refractivity contribution < 1.29 is 19.6 Å². The molecule has 2 aromatic rings. The summed E-state index contributed by atoms with van der Waals surface area (Å²) in [5, 5.41) is 8.81. The molecule has 4 amide bonds. The Hall–Kier alpha value is -3.45. The van der Waals surface area contributed by atoms with Crippen molar-refractivity contribution in [3.63, 3.8) is 0 Å². The second-order valence-electron chi connectivity index (χ2n) is 8.20. The van der Waals surface area contributed by atoms with Crippen LogP contribution < -0.4 is 5.48 Å². The molecule has 5 rings (SSSR count). The standard InChI is InChI=1S/C24H23N3O4/c1-2-26-23(29)21-12-19-17-6-4-3-5-16(17)18(20(19)13-27(21)24(26)30)11-14-7-9-15(10-8-14)22(28)25-31/h3-10,18,21,31H,2,11-13H2,1H3,(H,25,28). The number of likely N-dealkylation sites (N-methyl/N-ethyl adjacent to an activating group) is 1. The van der Waals surface area contributed by atoms with Crippen molar-refractivity contribution in [2.45, 2.75) is 31.7 Å². The van der Waals surface area contributed by atoms with Gasteiger partial charge in [-0.2, -0.15) is 0 Å². The first-order chi connectivity index (χ1) is 15.0. The van der Waals surface area contributed by atoms with E-state index >= 15 is 0 Å². The highest BCUT2D eigenvalue weighted by atomic mass is 16.5. The van der Waals surface area contributed by atoms with Gasteiger partial charge in [-0.1, -0.05) is 36.4 Å². The molecular formula is C24H23N3O4. The first-order valence-corrected chi connectivity index (χ1v) is 10.5. The number of nitrogens with one attached hydrogen (secondary N) is 1. The number of benzene rings is 2. The number of imide groups is 1. The Labute approximate surface area is 179 Å². The van der Waals surface area contributed by atoms with Crippen molar-refractivity contribution in [2.75, 3.05) is 13.1 Å².